The van der Waals surface area contributed by atoms with E-state index in [1.165, 1.54) is 0 Å². The average Bonchev–Trinajstić information content (AvgIpc) is 2.57. The normalized spacial score (nSPS) is 19.0. The van der Waals surface area contributed by atoms with Crippen molar-refractivity contribution in [2.24, 2.45) is 0 Å². The van der Waals surface area contributed by atoms with Crippen LogP contribution in [0.25, 0.3) is 0 Å². The van der Waals surface area contributed by atoms with E-state index in [1.54, 1.807) is 7.11 Å². The number of amides is 1. The van der Waals surface area contributed by atoms with Crippen molar-refractivity contribution in [3.05, 3.63) is 35.9 Å². The van der Waals surface area contributed by atoms with Crippen molar-refractivity contribution >= 4 is 5.91 Å². The highest BCUT2D eigenvalue weighted by atomic mass is 16.5. The van der Waals surface area contributed by atoms with Crippen molar-refractivity contribution in [3.8, 4) is 0 Å². The number of rotatable bonds is 6. The number of ether oxygens (including phenoxy) is 1. The molecule has 1 aliphatic rings. The molecule has 0 radical (unpaired) electrons. The number of piperazine rings is 1. The highest BCUT2D eigenvalue weighted by molar-refractivity contribution is 5.81. The van der Waals surface area contributed by atoms with Crippen LogP contribution in [0.3, 0.4) is 0 Å². The zero-order chi connectivity index (χ0) is 15.9. The Hall–Kier alpha value is -1.43. The summed E-state index contributed by atoms with van der Waals surface area (Å²) in [6, 6.07) is 9.69. The molecule has 0 aromatic heterocycles. The maximum absolute atomic E-state index is 12.2. The summed E-state index contributed by atoms with van der Waals surface area (Å²) in [5.74, 6) is 0.0771. The summed E-state index contributed by atoms with van der Waals surface area (Å²) in [4.78, 5) is 16.3. The van der Waals surface area contributed by atoms with Crippen LogP contribution in [0.2, 0.25) is 0 Å². The largest absolute Gasteiger partial charge is 0.387 e. The molecule has 5 nitrogen and oxygen atoms in total. The molecule has 2 rings (SSSR count). The molecule has 0 aliphatic carbocycles. The molecule has 1 fully saturated rings. The van der Waals surface area contributed by atoms with Crippen LogP contribution >= 0.6 is 0 Å². The van der Waals surface area contributed by atoms with Crippen LogP contribution in [0.15, 0.2) is 30.3 Å². The fraction of sp³-hybridized carbons (Fsp3) is 0.588. The molecule has 5 heteroatoms. The van der Waals surface area contributed by atoms with Gasteiger partial charge in [-0.1, -0.05) is 37.3 Å². The summed E-state index contributed by atoms with van der Waals surface area (Å²) < 4.78 is 5.22. The average molecular weight is 306 g/mol. The van der Waals surface area contributed by atoms with Crippen LogP contribution in [0.5, 0.6) is 0 Å². The van der Waals surface area contributed by atoms with Crippen LogP contribution in [0, 0.1) is 0 Å². The van der Waals surface area contributed by atoms with Gasteiger partial charge in [-0.25, -0.2) is 0 Å². The van der Waals surface area contributed by atoms with Gasteiger partial charge in [0.15, 0.2) is 0 Å². The first kappa shape index (κ1) is 16.9. The van der Waals surface area contributed by atoms with Gasteiger partial charge in [-0.15, -0.1) is 0 Å². The van der Waals surface area contributed by atoms with Crippen molar-refractivity contribution in [2.45, 2.75) is 25.6 Å². The first-order chi connectivity index (χ1) is 10.7. The monoisotopic (exact) mass is 306 g/mol. The predicted molar refractivity (Wildman–Crippen MR) is 85.5 cm³/mol. The Balaban J connectivity index is 1.81. The van der Waals surface area contributed by atoms with Gasteiger partial charge in [-0.3, -0.25) is 9.69 Å². The minimum Gasteiger partial charge on any atom is -0.387 e. The molecule has 0 spiro atoms. The molecule has 1 aliphatic heterocycles. The number of hydrogen-bond donors (Lipinski definition) is 1. The minimum absolute atomic E-state index is 0.0771. The lowest BCUT2D eigenvalue weighted by Gasteiger charge is -2.36. The molecule has 1 aromatic carbocycles. The highest BCUT2D eigenvalue weighted by Crippen LogP contribution is 2.15. The van der Waals surface area contributed by atoms with Crippen LogP contribution in [0.4, 0.5) is 0 Å². The molecule has 0 unspecified atom stereocenters. The summed E-state index contributed by atoms with van der Waals surface area (Å²) in [7, 11) is 1.58. The third kappa shape index (κ3) is 4.29. The van der Waals surface area contributed by atoms with Crippen LogP contribution in [0.1, 0.15) is 25.0 Å². The predicted octanol–water partition coefficient (Wildman–Crippen LogP) is 1.29. The Bertz CT molecular complexity index is 454. The Morgan fingerprint density at radius 2 is 1.86 bits per heavy atom. The van der Waals surface area contributed by atoms with Crippen LogP contribution in [-0.4, -0.2) is 66.8 Å². The highest BCUT2D eigenvalue weighted by Gasteiger charge is 2.27. The summed E-state index contributed by atoms with van der Waals surface area (Å²) >= 11 is 0. The second-order valence-electron chi connectivity index (χ2n) is 5.68. The van der Waals surface area contributed by atoms with E-state index in [-0.39, 0.29) is 12.0 Å². The number of hydrogen-bond acceptors (Lipinski definition) is 4. The number of benzene rings is 1. The Morgan fingerprint density at radius 1 is 1.23 bits per heavy atom. The maximum Gasteiger partial charge on any atom is 0.251 e. The second kappa shape index (κ2) is 8.27. The van der Waals surface area contributed by atoms with Crippen molar-refractivity contribution in [3.63, 3.8) is 0 Å². The minimum atomic E-state index is -0.481. The van der Waals surface area contributed by atoms with E-state index in [4.69, 9.17) is 4.74 Å². The lowest BCUT2D eigenvalue weighted by molar-refractivity contribution is -0.144. The van der Waals surface area contributed by atoms with Gasteiger partial charge in [0, 0.05) is 39.8 Å². The van der Waals surface area contributed by atoms with E-state index < -0.39 is 6.10 Å². The molecule has 0 saturated carbocycles. The topological polar surface area (TPSA) is 53.0 Å². The Kier molecular flexibility index (Phi) is 6.36. The van der Waals surface area contributed by atoms with E-state index in [1.807, 2.05) is 42.2 Å². The third-order valence-electron chi connectivity index (χ3n) is 4.23. The summed E-state index contributed by atoms with van der Waals surface area (Å²) in [6.07, 6.45) is -0.116. The van der Waals surface area contributed by atoms with Gasteiger partial charge in [0.2, 0.25) is 0 Å². The fourth-order valence-corrected chi connectivity index (χ4v) is 2.82. The molecule has 2 atom stereocenters. The number of carbonyl (C=O) groups excluding carboxylic acids is 1. The van der Waals surface area contributed by atoms with Gasteiger partial charge in [0.05, 0.1) is 6.10 Å². The zero-order valence-electron chi connectivity index (χ0n) is 13.4. The van der Waals surface area contributed by atoms with E-state index in [2.05, 4.69) is 4.90 Å². The smallest absolute Gasteiger partial charge is 0.251 e. The number of aliphatic hydroxyl groups excluding tert-OH is 1. The van der Waals surface area contributed by atoms with E-state index in [9.17, 15) is 9.90 Å². The van der Waals surface area contributed by atoms with E-state index in [0.717, 1.165) is 18.7 Å². The summed E-state index contributed by atoms with van der Waals surface area (Å²) in [5.41, 5.74) is 0.937. The number of β-amino-alcohol motifs (C(OH)–C–C–N with tert-alkyl or cyclic N) is 1. The van der Waals surface area contributed by atoms with E-state index >= 15 is 0 Å². The molecule has 1 heterocycles. The van der Waals surface area contributed by atoms with Crippen molar-refractivity contribution in [1.82, 2.24) is 9.80 Å². The van der Waals surface area contributed by atoms with Crippen molar-refractivity contribution in [1.29, 1.82) is 0 Å². The lowest BCUT2D eigenvalue weighted by atomic mass is 10.1. The Morgan fingerprint density at radius 3 is 2.41 bits per heavy atom. The number of carbonyl (C=O) groups is 1. The Labute approximate surface area is 132 Å². The summed E-state index contributed by atoms with van der Waals surface area (Å²) in [6.45, 7) is 5.53. The van der Waals surface area contributed by atoms with Crippen LogP contribution < -0.4 is 0 Å². The molecule has 1 amide bonds. The standard InChI is InChI=1S/C17H26N2O3/c1-3-16(22-2)17(21)19-11-9-18(10-12-19)13-15(20)14-7-5-4-6-8-14/h4-8,15-16,20H,3,9-13H2,1-2H3/t15-,16+/m1/s1. The molecule has 1 N–H and O–H groups in total. The van der Waals surface area contributed by atoms with Crippen LogP contribution in [-0.2, 0) is 9.53 Å². The summed E-state index contributed by atoms with van der Waals surface area (Å²) in [5, 5.41) is 10.3. The molecule has 22 heavy (non-hydrogen) atoms. The van der Waals surface area contributed by atoms with Gasteiger partial charge >= 0.3 is 0 Å². The van der Waals surface area contributed by atoms with Gasteiger partial charge in [-0.2, -0.15) is 0 Å². The second-order valence-corrected chi connectivity index (χ2v) is 5.68. The quantitative estimate of drug-likeness (QED) is 0.860. The van der Waals surface area contributed by atoms with E-state index in [0.29, 0.717) is 26.1 Å². The van der Waals surface area contributed by atoms with Crippen molar-refractivity contribution < 1.29 is 14.6 Å². The number of aliphatic hydroxyl groups is 1. The van der Waals surface area contributed by atoms with Crippen molar-refractivity contribution in [2.75, 3.05) is 39.8 Å². The molecule has 122 valence electrons. The third-order valence-corrected chi connectivity index (χ3v) is 4.23. The number of methoxy groups -OCH3 is 1. The molecule has 1 saturated heterocycles. The first-order valence-corrected chi connectivity index (χ1v) is 7.92. The molecular weight excluding hydrogens is 280 g/mol. The fourth-order valence-electron chi connectivity index (χ4n) is 2.82. The molecule has 0 bridgehead atoms. The lowest BCUT2D eigenvalue weighted by Crippen LogP contribution is -2.52. The maximum atomic E-state index is 12.2. The van der Waals surface area contributed by atoms with Gasteiger partial charge in [-0.05, 0) is 12.0 Å². The van der Waals surface area contributed by atoms with Gasteiger partial charge < -0.3 is 14.7 Å². The van der Waals surface area contributed by atoms with Gasteiger partial charge in [0.1, 0.15) is 6.10 Å². The SMILES string of the molecule is CC[C@H](OC)C(=O)N1CCN(C[C@@H](O)c2ccccc2)CC1. The molecular formula is C17H26N2O3. The first-order valence-electron chi connectivity index (χ1n) is 7.92. The molecule has 1 aromatic rings. The zero-order valence-corrected chi connectivity index (χ0v) is 13.4. The number of nitrogens with zero attached hydrogens (tertiary/aromatic N) is 2. The van der Waals surface area contributed by atoms with Gasteiger partial charge in [0.25, 0.3) is 5.91 Å².